The normalized spacial score (nSPS) is 19.9. The third kappa shape index (κ3) is 3.48. The summed E-state index contributed by atoms with van der Waals surface area (Å²) < 4.78 is 1.85. The zero-order valence-electron chi connectivity index (χ0n) is 12.8. The van der Waals surface area contributed by atoms with Gasteiger partial charge in [0.15, 0.2) is 5.84 Å². The number of amidine groups is 1. The van der Waals surface area contributed by atoms with E-state index < -0.39 is 0 Å². The molecule has 0 radical (unpaired) electrons. The maximum atomic E-state index is 8.75. The molecule has 7 nitrogen and oxygen atoms in total. The van der Waals surface area contributed by atoms with Gasteiger partial charge in [-0.1, -0.05) is 16.8 Å². The summed E-state index contributed by atoms with van der Waals surface area (Å²) in [4.78, 5) is 4.56. The molecular weight excluding hydrogens is 292 g/mol. The van der Waals surface area contributed by atoms with Crippen molar-refractivity contribution < 1.29 is 5.21 Å². The largest absolute Gasteiger partial charge is 0.409 e. The second-order valence-electron chi connectivity index (χ2n) is 5.48. The van der Waals surface area contributed by atoms with Crippen LogP contribution in [0.3, 0.4) is 0 Å². The number of halogens is 1. The summed E-state index contributed by atoms with van der Waals surface area (Å²) in [5.74, 6) is 0.258. The predicted molar refractivity (Wildman–Crippen MR) is 82.7 cm³/mol. The fourth-order valence-corrected chi connectivity index (χ4v) is 2.86. The fourth-order valence-electron chi connectivity index (χ4n) is 2.64. The van der Waals surface area contributed by atoms with Crippen molar-refractivity contribution >= 4 is 17.4 Å². The molecule has 118 valence electrons. The van der Waals surface area contributed by atoms with Crippen molar-refractivity contribution in [3.63, 3.8) is 0 Å². The first-order valence-electron chi connectivity index (χ1n) is 7.05. The van der Waals surface area contributed by atoms with Gasteiger partial charge in [0.1, 0.15) is 0 Å². The van der Waals surface area contributed by atoms with E-state index in [2.05, 4.69) is 20.1 Å². The molecule has 1 aliphatic rings. The van der Waals surface area contributed by atoms with E-state index in [1.54, 1.807) is 0 Å². The van der Waals surface area contributed by atoms with E-state index in [0.29, 0.717) is 0 Å². The van der Waals surface area contributed by atoms with Crippen LogP contribution in [0.1, 0.15) is 18.3 Å². The van der Waals surface area contributed by atoms with Crippen molar-refractivity contribution in [2.24, 2.45) is 17.9 Å². The molecule has 3 N–H and O–H groups in total. The van der Waals surface area contributed by atoms with Crippen molar-refractivity contribution in [3.05, 3.63) is 16.4 Å². The fraction of sp³-hybridized carbons (Fsp3) is 0.692. The maximum absolute atomic E-state index is 8.75. The SMILES string of the molecule is Cc1nn(C)c(CN2CCN(C(C)C(N)=NO)CC2)c1Cl. The van der Waals surface area contributed by atoms with Gasteiger partial charge in [-0.2, -0.15) is 5.10 Å². The summed E-state index contributed by atoms with van der Waals surface area (Å²) in [5.41, 5.74) is 7.58. The predicted octanol–water partition coefficient (Wildman–Crippen LogP) is 0.634. The maximum Gasteiger partial charge on any atom is 0.156 e. The standard InChI is InChI=1S/C13H23ClN6O/c1-9-12(14)11(18(3)16-9)8-19-4-6-20(7-5-19)10(2)13(15)17-21/h10,21H,4-8H2,1-3H3,(H2,15,17). The molecule has 1 unspecified atom stereocenters. The lowest BCUT2D eigenvalue weighted by Crippen LogP contribution is -2.52. The molecule has 2 heterocycles. The van der Waals surface area contributed by atoms with E-state index in [1.807, 2.05) is 25.6 Å². The quantitative estimate of drug-likeness (QED) is 0.369. The highest BCUT2D eigenvalue weighted by Gasteiger charge is 2.24. The van der Waals surface area contributed by atoms with Crippen LogP contribution in [0.4, 0.5) is 0 Å². The Morgan fingerprint density at radius 1 is 1.43 bits per heavy atom. The highest BCUT2D eigenvalue weighted by atomic mass is 35.5. The average molecular weight is 315 g/mol. The Morgan fingerprint density at radius 3 is 2.52 bits per heavy atom. The molecular formula is C13H23ClN6O. The molecule has 8 heteroatoms. The number of oxime groups is 1. The number of aromatic nitrogens is 2. The van der Waals surface area contributed by atoms with E-state index in [4.69, 9.17) is 22.5 Å². The Hall–Kier alpha value is -1.31. The Morgan fingerprint density at radius 2 is 2.05 bits per heavy atom. The average Bonchev–Trinajstić information content (AvgIpc) is 2.73. The van der Waals surface area contributed by atoms with Crippen molar-refractivity contribution in [3.8, 4) is 0 Å². The van der Waals surface area contributed by atoms with Gasteiger partial charge >= 0.3 is 0 Å². The second kappa shape index (κ2) is 6.64. The first-order valence-corrected chi connectivity index (χ1v) is 7.43. The van der Waals surface area contributed by atoms with Gasteiger partial charge < -0.3 is 10.9 Å². The van der Waals surface area contributed by atoms with Gasteiger partial charge in [-0.25, -0.2) is 0 Å². The molecule has 1 fully saturated rings. The third-order valence-corrected chi connectivity index (χ3v) is 4.62. The highest BCUT2D eigenvalue weighted by Crippen LogP contribution is 2.21. The number of aryl methyl sites for hydroxylation is 2. The van der Waals surface area contributed by atoms with Crippen LogP contribution >= 0.6 is 11.6 Å². The molecule has 0 aliphatic carbocycles. The smallest absolute Gasteiger partial charge is 0.156 e. The summed E-state index contributed by atoms with van der Waals surface area (Å²) in [7, 11) is 1.92. The molecule has 0 amide bonds. The summed E-state index contributed by atoms with van der Waals surface area (Å²) in [5, 5.41) is 16.9. The number of hydrogen-bond donors (Lipinski definition) is 2. The molecule has 0 bridgehead atoms. The van der Waals surface area contributed by atoms with E-state index in [-0.39, 0.29) is 11.9 Å². The Balaban J connectivity index is 1.93. The topological polar surface area (TPSA) is 82.9 Å². The number of piperazine rings is 1. The van der Waals surface area contributed by atoms with E-state index in [0.717, 1.165) is 49.1 Å². The van der Waals surface area contributed by atoms with Gasteiger partial charge in [-0.15, -0.1) is 0 Å². The minimum Gasteiger partial charge on any atom is -0.409 e. The van der Waals surface area contributed by atoms with Gasteiger partial charge in [-0.05, 0) is 13.8 Å². The molecule has 1 aromatic rings. The molecule has 21 heavy (non-hydrogen) atoms. The van der Waals surface area contributed by atoms with Crippen LogP contribution in [-0.4, -0.2) is 62.8 Å². The molecule has 1 aromatic heterocycles. The van der Waals surface area contributed by atoms with Crippen LogP contribution in [0.25, 0.3) is 0 Å². The van der Waals surface area contributed by atoms with Crippen LogP contribution < -0.4 is 5.73 Å². The van der Waals surface area contributed by atoms with Crippen LogP contribution in [0, 0.1) is 6.92 Å². The highest BCUT2D eigenvalue weighted by molar-refractivity contribution is 6.31. The molecule has 1 aliphatic heterocycles. The molecule has 0 aromatic carbocycles. The van der Waals surface area contributed by atoms with Gasteiger partial charge in [0.05, 0.1) is 22.5 Å². The van der Waals surface area contributed by atoms with E-state index in [1.165, 1.54) is 0 Å². The van der Waals surface area contributed by atoms with Crippen molar-refractivity contribution in [1.29, 1.82) is 0 Å². The first-order chi connectivity index (χ1) is 9.93. The zero-order chi connectivity index (χ0) is 15.6. The minimum atomic E-state index is -0.0420. The van der Waals surface area contributed by atoms with Gasteiger partial charge in [0, 0.05) is 39.8 Å². The van der Waals surface area contributed by atoms with E-state index >= 15 is 0 Å². The van der Waals surface area contributed by atoms with Crippen molar-refractivity contribution in [2.45, 2.75) is 26.4 Å². The number of nitrogens with two attached hydrogens (primary N) is 1. The van der Waals surface area contributed by atoms with E-state index in [9.17, 15) is 0 Å². The number of rotatable bonds is 4. The van der Waals surface area contributed by atoms with Crippen molar-refractivity contribution in [1.82, 2.24) is 19.6 Å². The molecule has 0 saturated carbocycles. The molecule has 1 atom stereocenters. The van der Waals surface area contributed by atoms with Crippen LogP contribution in [-0.2, 0) is 13.6 Å². The first kappa shape index (κ1) is 16.1. The van der Waals surface area contributed by atoms with Gasteiger partial charge in [0.2, 0.25) is 0 Å². The van der Waals surface area contributed by atoms with Gasteiger partial charge in [0.25, 0.3) is 0 Å². The van der Waals surface area contributed by atoms with Crippen LogP contribution in [0.15, 0.2) is 5.16 Å². The monoisotopic (exact) mass is 314 g/mol. The summed E-state index contributed by atoms with van der Waals surface area (Å²) in [6, 6.07) is -0.0420. The van der Waals surface area contributed by atoms with Crippen LogP contribution in [0.2, 0.25) is 5.02 Å². The Bertz CT molecular complexity index is 521. The lowest BCUT2D eigenvalue weighted by atomic mass is 10.2. The minimum absolute atomic E-state index is 0.0420. The van der Waals surface area contributed by atoms with Crippen LogP contribution in [0.5, 0.6) is 0 Å². The van der Waals surface area contributed by atoms with Crippen molar-refractivity contribution in [2.75, 3.05) is 26.2 Å². The Kier molecular flexibility index (Phi) is 5.08. The third-order valence-electron chi connectivity index (χ3n) is 4.13. The summed E-state index contributed by atoms with van der Waals surface area (Å²) >= 11 is 6.29. The Labute approximate surface area is 129 Å². The molecule has 1 saturated heterocycles. The lowest BCUT2D eigenvalue weighted by Gasteiger charge is -2.37. The zero-order valence-corrected chi connectivity index (χ0v) is 13.5. The molecule has 2 rings (SSSR count). The second-order valence-corrected chi connectivity index (χ2v) is 5.86. The number of hydrogen-bond acceptors (Lipinski definition) is 5. The summed E-state index contributed by atoms with van der Waals surface area (Å²) in [6.07, 6.45) is 0. The lowest BCUT2D eigenvalue weighted by molar-refractivity contribution is 0.114. The molecule has 0 spiro atoms. The van der Waals surface area contributed by atoms with Gasteiger partial charge in [-0.3, -0.25) is 14.5 Å². The summed E-state index contributed by atoms with van der Waals surface area (Å²) in [6.45, 7) is 8.27. The number of nitrogens with zero attached hydrogens (tertiary/aromatic N) is 5.